The van der Waals surface area contributed by atoms with E-state index in [-0.39, 0.29) is 5.56 Å². The van der Waals surface area contributed by atoms with Crippen LogP contribution < -0.4 is 10.5 Å². The second kappa shape index (κ2) is 5.25. The number of hydrogen-bond acceptors (Lipinski definition) is 4. The van der Waals surface area contributed by atoms with Crippen molar-refractivity contribution >= 4 is 5.82 Å². The molecule has 0 saturated heterocycles. The van der Waals surface area contributed by atoms with Gasteiger partial charge in [-0.2, -0.15) is 0 Å². The number of rotatable bonds is 4. The van der Waals surface area contributed by atoms with E-state index in [1.807, 2.05) is 30.1 Å². The predicted molar refractivity (Wildman–Crippen MR) is 66.1 cm³/mol. The minimum absolute atomic E-state index is 0.170. The zero-order chi connectivity index (χ0) is 12.1. The highest BCUT2D eigenvalue weighted by molar-refractivity contribution is 5.33. The monoisotopic (exact) mass is 230 g/mol. The molecule has 0 aliphatic rings. The third-order valence-corrected chi connectivity index (χ3v) is 2.48. The van der Waals surface area contributed by atoms with Crippen LogP contribution in [0.5, 0.6) is 0 Å². The van der Waals surface area contributed by atoms with Crippen LogP contribution in [0.1, 0.15) is 5.69 Å². The fraction of sp³-hybridized carbons (Fsp3) is 0.250. The van der Waals surface area contributed by atoms with Gasteiger partial charge in [0.05, 0.1) is 0 Å². The summed E-state index contributed by atoms with van der Waals surface area (Å²) in [5, 5.41) is 0. The zero-order valence-electron chi connectivity index (χ0n) is 9.63. The summed E-state index contributed by atoms with van der Waals surface area (Å²) < 4.78 is 0. The Kier molecular flexibility index (Phi) is 3.49. The van der Waals surface area contributed by atoms with Crippen molar-refractivity contribution in [2.75, 3.05) is 18.5 Å². The lowest BCUT2D eigenvalue weighted by atomic mass is 10.2. The van der Waals surface area contributed by atoms with E-state index in [0.717, 1.165) is 12.1 Å². The molecule has 2 aromatic rings. The van der Waals surface area contributed by atoms with Crippen molar-refractivity contribution in [3.05, 3.63) is 52.8 Å². The number of likely N-dealkylation sites (N-methyl/N-ethyl adjacent to an activating group) is 1. The quantitative estimate of drug-likeness (QED) is 0.845. The first-order chi connectivity index (χ1) is 8.27. The Balaban J connectivity index is 2.01. The minimum Gasteiger partial charge on any atom is -0.355 e. The molecule has 5 heteroatoms. The molecule has 0 spiro atoms. The van der Waals surface area contributed by atoms with Gasteiger partial charge in [-0.3, -0.25) is 9.78 Å². The van der Waals surface area contributed by atoms with Gasteiger partial charge in [-0.25, -0.2) is 4.98 Å². The molecule has 2 rings (SSSR count). The second-order valence-electron chi connectivity index (χ2n) is 3.73. The Bertz CT molecular complexity index is 523. The van der Waals surface area contributed by atoms with E-state index < -0.39 is 0 Å². The lowest BCUT2D eigenvalue weighted by Gasteiger charge is -2.16. The molecule has 0 amide bonds. The number of anilines is 1. The van der Waals surface area contributed by atoms with E-state index in [1.54, 1.807) is 12.4 Å². The summed E-state index contributed by atoms with van der Waals surface area (Å²) in [4.78, 5) is 24.2. The third-order valence-electron chi connectivity index (χ3n) is 2.48. The summed E-state index contributed by atoms with van der Waals surface area (Å²) in [6.07, 6.45) is 5.66. The van der Waals surface area contributed by atoms with E-state index in [1.165, 1.54) is 6.20 Å². The number of H-pyrrole nitrogens is 1. The maximum absolute atomic E-state index is 11.5. The lowest BCUT2D eigenvalue weighted by Crippen LogP contribution is -2.28. The molecule has 0 aliphatic heterocycles. The molecule has 0 unspecified atom stereocenters. The van der Waals surface area contributed by atoms with Gasteiger partial charge >= 0.3 is 0 Å². The summed E-state index contributed by atoms with van der Waals surface area (Å²) >= 11 is 0. The van der Waals surface area contributed by atoms with Crippen molar-refractivity contribution in [1.29, 1.82) is 0 Å². The predicted octanol–water partition coefficient (Wildman–Crippen LogP) is 0.844. The number of pyridine rings is 1. The molecule has 2 heterocycles. The third kappa shape index (κ3) is 2.90. The second-order valence-corrected chi connectivity index (χ2v) is 3.73. The maximum Gasteiger partial charge on any atom is 0.290 e. The van der Waals surface area contributed by atoms with Crippen molar-refractivity contribution in [1.82, 2.24) is 15.0 Å². The highest BCUT2D eigenvalue weighted by atomic mass is 16.1. The SMILES string of the molecule is CN(CCc1ccccn1)c1ncc[nH]c1=O. The summed E-state index contributed by atoms with van der Waals surface area (Å²) in [6.45, 7) is 0.705. The van der Waals surface area contributed by atoms with Crippen molar-refractivity contribution in [3.63, 3.8) is 0 Å². The highest BCUT2D eigenvalue weighted by Gasteiger charge is 2.06. The van der Waals surface area contributed by atoms with Gasteiger partial charge in [-0.1, -0.05) is 6.07 Å². The van der Waals surface area contributed by atoms with Gasteiger partial charge in [0.25, 0.3) is 5.56 Å². The van der Waals surface area contributed by atoms with Crippen LogP contribution in [-0.2, 0) is 6.42 Å². The van der Waals surface area contributed by atoms with Crippen LogP contribution in [0.3, 0.4) is 0 Å². The van der Waals surface area contributed by atoms with E-state index in [9.17, 15) is 4.79 Å². The first kappa shape index (κ1) is 11.3. The number of hydrogen-bond donors (Lipinski definition) is 1. The molecule has 5 nitrogen and oxygen atoms in total. The Morgan fingerprint density at radius 2 is 2.18 bits per heavy atom. The summed E-state index contributed by atoms with van der Waals surface area (Å²) in [5.74, 6) is 0.434. The fourth-order valence-corrected chi connectivity index (χ4v) is 1.55. The zero-order valence-corrected chi connectivity index (χ0v) is 9.63. The van der Waals surface area contributed by atoms with Crippen LogP contribution in [0.25, 0.3) is 0 Å². The van der Waals surface area contributed by atoms with Crippen LogP contribution in [0, 0.1) is 0 Å². The Morgan fingerprint density at radius 3 is 2.88 bits per heavy atom. The van der Waals surface area contributed by atoms with Gasteiger partial charge in [0.1, 0.15) is 0 Å². The van der Waals surface area contributed by atoms with Gasteiger partial charge in [-0.15, -0.1) is 0 Å². The first-order valence-corrected chi connectivity index (χ1v) is 5.42. The molecule has 2 aromatic heterocycles. The van der Waals surface area contributed by atoms with Gasteiger partial charge < -0.3 is 9.88 Å². The van der Waals surface area contributed by atoms with E-state index >= 15 is 0 Å². The Morgan fingerprint density at radius 1 is 1.29 bits per heavy atom. The minimum atomic E-state index is -0.170. The molecule has 0 aromatic carbocycles. The summed E-state index contributed by atoms with van der Waals surface area (Å²) in [7, 11) is 1.85. The largest absolute Gasteiger partial charge is 0.355 e. The topological polar surface area (TPSA) is 61.9 Å². The molecule has 0 fully saturated rings. The molecule has 0 aliphatic carbocycles. The van der Waals surface area contributed by atoms with Crippen LogP contribution in [-0.4, -0.2) is 28.5 Å². The number of aromatic amines is 1. The van der Waals surface area contributed by atoms with E-state index in [2.05, 4.69) is 15.0 Å². The van der Waals surface area contributed by atoms with Crippen molar-refractivity contribution in [2.24, 2.45) is 0 Å². The molecule has 0 atom stereocenters. The van der Waals surface area contributed by atoms with E-state index in [0.29, 0.717) is 12.4 Å². The van der Waals surface area contributed by atoms with Crippen LogP contribution in [0.15, 0.2) is 41.6 Å². The van der Waals surface area contributed by atoms with Gasteiger partial charge in [-0.05, 0) is 12.1 Å². The van der Waals surface area contributed by atoms with Gasteiger partial charge in [0.2, 0.25) is 0 Å². The van der Waals surface area contributed by atoms with E-state index in [4.69, 9.17) is 0 Å². The summed E-state index contributed by atoms with van der Waals surface area (Å²) in [6, 6.07) is 5.81. The molecule has 0 bridgehead atoms. The molecule has 0 radical (unpaired) electrons. The van der Waals surface area contributed by atoms with Gasteiger partial charge in [0, 0.05) is 44.3 Å². The van der Waals surface area contributed by atoms with Gasteiger partial charge in [0.15, 0.2) is 5.82 Å². The molecule has 88 valence electrons. The number of nitrogens with zero attached hydrogens (tertiary/aromatic N) is 3. The molecule has 0 saturated carbocycles. The molecular weight excluding hydrogens is 216 g/mol. The van der Waals surface area contributed by atoms with Crippen molar-refractivity contribution < 1.29 is 0 Å². The normalized spacial score (nSPS) is 10.2. The molecule has 17 heavy (non-hydrogen) atoms. The van der Waals surface area contributed by atoms with Crippen molar-refractivity contribution in [3.8, 4) is 0 Å². The number of aromatic nitrogens is 3. The fourth-order valence-electron chi connectivity index (χ4n) is 1.55. The smallest absolute Gasteiger partial charge is 0.290 e. The average molecular weight is 230 g/mol. The molecular formula is C12H14N4O. The highest BCUT2D eigenvalue weighted by Crippen LogP contribution is 2.01. The van der Waals surface area contributed by atoms with Crippen LogP contribution >= 0.6 is 0 Å². The Hall–Kier alpha value is -2.17. The van der Waals surface area contributed by atoms with Crippen LogP contribution in [0.2, 0.25) is 0 Å². The Labute approximate surface area is 99.2 Å². The maximum atomic E-state index is 11.5. The number of nitrogens with one attached hydrogen (secondary N) is 1. The standard InChI is InChI=1S/C12H14N4O/c1-16(11-12(17)15-8-7-14-11)9-5-10-4-2-3-6-13-10/h2-4,6-8H,5,9H2,1H3,(H,15,17). The lowest BCUT2D eigenvalue weighted by molar-refractivity contribution is 0.829. The van der Waals surface area contributed by atoms with Crippen molar-refractivity contribution in [2.45, 2.75) is 6.42 Å². The van der Waals surface area contributed by atoms with Crippen LogP contribution in [0.4, 0.5) is 5.82 Å². The first-order valence-electron chi connectivity index (χ1n) is 5.42. The molecule has 1 N–H and O–H groups in total. The average Bonchev–Trinajstić information content (AvgIpc) is 2.38. The summed E-state index contributed by atoms with van der Waals surface area (Å²) in [5.41, 5.74) is 0.836.